The minimum Gasteiger partial charge on any atom is -0.368 e. The van der Waals surface area contributed by atoms with Crippen molar-refractivity contribution in [2.24, 2.45) is 7.05 Å². The molecule has 1 aromatic heterocycles. The maximum absolute atomic E-state index is 12.7. The molecular weight excluding hydrogens is 334 g/mol. The first-order chi connectivity index (χ1) is 13.1. The normalized spacial score (nSPS) is 14.7. The van der Waals surface area contributed by atoms with Crippen LogP contribution in [0.4, 0.5) is 5.69 Å². The van der Waals surface area contributed by atoms with Crippen LogP contribution in [0.15, 0.2) is 54.7 Å². The third-order valence-corrected chi connectivity index (χ3v) is 5.67. The third-order valence-electron chi connectivity index (χ3n) is 5.67. The van der Waals surface area contributed by atoms with Crippen LogP contribution in [-0.4, -0.2) is 41.6 Å². The molecule has 1 amide bonds. The van der Waals surface area contributed by atoms with E-state index >= 15 is 0 Å². The van der Waals surface area contributed by atoms with Crippen LogP contribution in [-0.2, 0) is 18.3 Å². The second-order valence-corrected chi connectivity index (χ2v) is 7.47. The van der Waals surface area contributed by atoms with E-state index in [2.05, 4.69) is 78.2 Å². The van der Waals surface area contributed by atoms with Gasteiger partial charge in [0.2, 0.25) is 5.91 Å². The predicted octanol–water partition coefficient (Wildman–Crippen LogP) is 3.77. The summed E-state index contributed by atoms with van der Waals surface area (Å²) in [4.78, 5) is 17.1. The van der Waals surface area contributed by atoms with Crippen LogP contribution in [0.5, 0.6) is 0 Å². The number of para-hydroxylation sites is 1. The monoisotopic (exact) mass is 361 g/mol. The highest BCUT2D eigenvalue weighted by Crippen LogP contribution is 2.21. The molecule has 4 nitrogen and oxygen atoms in total. The Morgan fingerprint density at radius 3 is 2.56 bits per heavy atom. The summed E-state index contributed by atoms with van der Waals surface area (Å²) in [6.45, 7) is 5.59. The van der Waals surface area contributed by atoms with Crippen LogP contribution in [0.2, 0.25) is 0 Å². The lowest BCUT2D eigenvalue weighted by atomic mass is 10.1. The molecule has 0 aliphatic carbocycles. The summed E-state index contributed by atoms with van der Waals surface area (Å²) in [5, 5.41) is 1.24. The number of nitrogens with zero attached hydrogens (tertiary/aromatic N) is 3. The number of carbonyl (C=O) groups excluding carboxylic acids is 1. The molecule has 0 unspecified atom stereocenters. The van der Waals surface area contributed by atoms with Gasteiger partial charge in [0.25, 0.3) is 0 Å². The minimum atomic E-state index is 0.271. The number of anilines is 1. The predicted molar refractivity (Wildman–Crippen MR) is 111 cm³/mol. The zero-order valence-electron chi connectivity index (χ0n) is 16.2. The van der Waals surface area contributed by atoms with Crippen molar-refractivity contribution in [3.05, 3.63) is 65.9 Å². The van der Waals surface area contributed by atoms with Gasteiger partial charge in [0.05, 0.1) is 0 Å². The van der Waals surface area contributed by atoms with Crippen LogP contribution in [0.25, 0.3) is 10.9 Å². The molecule has 1 aliphatic heterocycles. The zero-order chi connectivity index (χ0) is 18.8. The van der Waals surface area contributed by atoms with Gasteiger partial charge in [-0.05, 0) is 54.1 Å². The molecule has 4 rings (SSSR count). The van der Waals surface area contributed by atoms with Gasteiger partial charge < -0.3 is 14.4 Å². The Morgan fingerprint density at radius 2 is 1.78 bits per heavy atom. The molecule has 27 heavy (non-hydrogen) atoms. The SMILES string of the molecule is Cc1ccccc1N1CCN(C(=O)CCc2ccc3c(ccn3C)c2)CC1. The quantitative estimate of drug-likeness (QED) is 0.708. The first-order valence-corrected chi connectivity index (χ1v) is 9.74. The third kappa shape index (κ3) is 3.70. The second kappa shape index (κ2) is 7.47. The summed E-state index contributed by atoms with van der Waals surface area (Å²) in [6.07, 6.45) is 3.47. The lowest BCUT2D eigenvalue weighted by Crippen LogP contribution is -2.49. The van der Waals surface area contributed by atoms with Gasteiger partial charge in [-0.3, -0.25) is 4.79 Å². The molecule has 0 atom stereocenters. The number of hydrogen-bond donors (Lipinski definition) is 0. The summed E-state index contributed by atoms with van der Waals surface area (Å²) >= 11 is 0. The van der Waals surface area contributed by atoms with Gasteiger partial charge in [0.15, 0.2) is 0 Å². The first-order valence-electron chi connectivity index (χ1n) is 9.74. The van der Waals surface area contributed by atoms with Gasteiger partial charge in [-0.1, -0.05) is 24.3 Å². The highest BCUT2D eigenvalue weighted by molar-refractivity contribution is 5.81. The van der Waals surface area contributed by atoms with Crippen molar-refractivity contribution in [2.75, 3.05) is 31.1 Å². The van der Waals surface area contributed by atoms with E-state index in [1.165, 1.54) is 27.7 Å². The van der Waals surface area contributed by atoms with Gasteiger partial charge >= 0.3 is 0 Å². The van der Waals surface area contributed by atoms with E-state index in [1.54, 1.807) is 0 Å². The van der Waals surface area contributed by atoms with Gasteiger partial charge in [-0.25, -0.2) is 0 Å². The van der Waals surface area contributed by atoms with Crippen molar-refractivity contribution < 1.29 is 4.79 Å². The highest BCUT2D eigenvalue weighted by atomic mass is 16.2. The summed E-state index contributed by atoms with van der Waals surface area (Å²) < 4.78 is 2.12. The highest BCUT2D eigenvalue weighted by Gasteiger charge is 2.21. The molecule has 0 spiro atoms. The van der Waals surface area contributed by atoms with E-state index in [-0.39, 0.29) is 5.91 Å². The average molecular weight is 361 g/mol. The number of amides is 1. The summed E-state index contributed by atoms with van der Waals surface area (Å²) in [5.41, 5.74) is 5.06. The Morgan fingerprint density at radius 1 is 1.00 bits per heavy atom. The standard InChI is InChI=1S/C23H27N3O/c1-18-5-3-4-6-21(18)25-13-15-26(16-14-25)23(27)10-8-19-7-9-22-20(17-19)11-12-24(22)2/h3-7,9,11-12,17H,8,10,13-16H2,1-2H3. The Bertz CT molecular complexity index is 951. The Balaban J connectivity index is 1.32. The van der Waals surface area contributed by atoms with Gasteiger partial charge in [-0.2, -0.15) is 0 Å². The van der Waals surface area contributed by atoms with Crippen molar-refractivity contribution in [1.82, 2.24) is 9.47 Å². The molecule has 140 valence electrons. The molecular formula is C23H27N3O. The average Bonchev–Trinajstić information content (AvgIpc) is 3.07. The van der Waals surface area contributed by atoms with Crippen molar-refractivity contribution in [3.8, 4) is 0 Å². The number of aromatic nitrogens is 1. The maximum Gasteiger partial charge on any atom is 0.223 e. The first kappa shape index (κ1) is 17.7. The van der Waals surface area contributed by atoms with E-state index in [1.807, 2.05) is 4.90 Å². The fourth-order valence-electron chi connectivity index (χ4n) is 4.01. The van der Waals surface area contributed by atoms with E-state index < -0.39 is 0 Å². The van der Waals surface area contributed by atoms with E-state index in [4.69, 9.17) is 0 Å². The number of hydrogen-bond acceptors (Lipinski definition) is 2. The minimum absolute atomic E-state index is 0.271. The summed E-state index contributed by atoms with van der Waals surface area (Å²) in [7, 11) is 2.06. The molecule has 4 heteroatoms. The molecule has 2 heterocycles. The van der Waals surface area contributed by atoms with Gasteiger partial charge in [0, 0.05) is 57.0 Å². The van der Waals surface area contributed by atoms with Crippen LogP contribution in [0.1, 0.15) is 17.5 Å². The molecule has 0 N–H and O–H groups in total. The lowest BCUT2D eigenvalue weighted by Gasteiger charge is -2.37. The molecule has 1 aliphatic rings. The fraction of sp³-hybridized carbons (Fsp3) is 0.348. The van der Waals surface area contributed by atoms with Crippen LogP contribution < -0.4 is 4.90 Å². The van der Waals surface area contributed by atoms with Crippen molar-refractivity contribution in [2.45, 2.75) is 19.8 Å². The molecule has 0 saturated carbocycles. The maximum atomic E-state index is 12.7. The summed E-state index contributed by atoms with van der Waals surface area (Å²) in [5.74, 6) is 0.271. The Kier molecular flexibility index (Phi) is 4.88. The molecule has 1 fully saturated rings. The van der Waals surface area contributed by atoms with Crippen molar-refractivity contribution in [3.63, 3.8) is 0 Å². The van der Waals surface area contributed by atoms with Crippen LogP contribution in [0, 0.1) is 6.92 Å². The Hall–Kier alpha value is -2.75. The van der Waals surface area contributed by atoms with Crippen molar-refractivity contribution >= 4 is 22.5 Å². The number of rotatable bonds is 4. The number of piperazine rings is 1. The van der Waals surface area contributed by atoms with E-state index in [9.17, 15) is 4.79 Å². The van der Waals surface area contributed by atoms with Gasteiger partial charge in [-0.15, -0.1) is 0 Å². The summed E-state index contributed by atoms with van der Waals surface area (Å²) in [6, 6.07) is 17.1. The Labute approximate surface area is 161 Å². The second-order valence-electron chi connectivity index (χ2n) is 7.47. The lowest BCUT2D eigenvalue weighted by molar-refractivity contribution is -0.131. The molecule has 0 radical (unpaired) electrons. The zero-order valence-corrected chi connectivity index (χ0v) is 16.2. The van der Waals surface area contributed by atoms with Crippen molar-refractivity contribution in [1.29, 1.82) is 0 Å². The number of aryl methyl sites for hydroxylation is 3. The molecule has 0 bridgehead atoms. The molecule has 3 aromatic rings. The van der Waals surface area contributed by atoms with Gasteiger partial charge in [0.1, 0.15) is 0 Å². The van der Waals surface area contributed by atoms with E-state index in [0.717, 1.165) is 32.6 Å². The number of fused-ring (bicyclic) bond motifs is 1. The number of carbonyl (C=O) groups is 1. The van der Waals surface area contributed by atoms with Crippen LogP contribution in [0.3, 0.4) is 0 Å². The molecule has 2 aromatic carbocycles. The molecule has 1 saturated heterocycles. The topological polar surface area (TPSA) is 28.5 Å². The van der Waals surface area contributed by atoms with Crippen LogP contribution >= 0.6 is 0 Å². The smallest absolute Gasteiger partial charge is 0.223 e. The number of benzene rings is 2. The largest absolute Gasteiger partial charge is 0.368 e. The fourth-order valence-corrected chi connectivity index (χ4v) is 4.01. The van der Waals surface area contributed by atoms with E-state index in [0.29, 0.717) is 6.42 Å².